The third kappa shape index (κ3) is 7.99. The molecule has 0 atom stereocenters. The van der Waals surface area contributed by atoms with Gasteiger partial charge in [-0.15, -0.1) is 0 Å². The van der Waals surface area contributed by atoms with Crippen LogP contribution in [0, 0.1) is 55.4 Å². The van der Waals surface area contributed by atoms with Crippen molar-refractivity contribution in [3.8, 4) is 22.3 Å². The van der Waals surface area contributed by atoms with E-state index in [0.29, 0.717) is 0 Å². The molecule has 3 aliphatic rings. The summed E-state index contributed by atoms with van der Waals surface area (Å²) < 4.78 is 0. The van der Waals surface area contributed by atoms with Gasteiger partial charge in [0.1, 0.15) is 0 Å². The van der Waals surface area contributed by atoms with Crippen LogP contribution in [0.5, 0.6) is 0 Å². The Morgan fingerprint density at radius 2 is 0.667 bits per heavy atom. The summed E-state index contributed by atoms with van der Waals surface area (Å²) in [5.41, 5.74) is 35.0. The minimum atomic E-state index is -0.746. The molecule has 1 aliphatic heterocycles. The SMILES string of the molecule is Cc1ccc(N2c3ccccc3C(c3ccc(N(c4ccc5c(c4)C(C)(C)c4ccccc4-5)c4c(C)cc(C)cc4C)cc3)(c3ccc(N(c4ccc5c(c4)C(C)(C)c4ccccc4-5)c4c(C)cc(C)cc4C)cc3)c3cc(C)ccc32)cc1. The lowest BCUT2D eigenvalue weighted by Gasteiger charge is -2.47. The minimum absolute atomic E-state index is 0.150. The molecule has 0 bridgehead atoms. The predicted molar refractivity (Wildman–Crippen MR) is 355 cm³/mol. The zero-order chi connectivity index (χ0) is 58.1. The largest absolute Gasteiger partial charge is 0.310 e. The van der Waals surface area contributed by atoms with E-state index < -0.39 is 5.41 Å². The number of hydrogen-bond acceptors (Lipinski definition) is 3. The van der Waals surface area contributed by atoms with Crippen LogP contribution in [0.25, 0.3) is 22.3 Å². The van der Waals surface area contributed by atoms with Crippen molar-refractivity contribution in [3.05, 3.63) is 313 Å². The summed E-state index contributed by atoms with van der Waals surface area (Å²) in [6.45, 7) is 27.4. The van der Waals surface area contributed by atoms with Crippen molar-refractivity contribution >= 4 is 51.2 Å². The van der Waals surface area contributed by atoms with Crippen molar-refractivity contribution in [3.63, 3.8) is 0 Å². The van der Waals surface area contributed by atoms with Gasteiger partial charge in [-0.3, -0.25) is 0 Å². The van der Waals surface area contributed by atoms with Crippen molar-refractivity contribution in [1.82, 2.24) is 0 Å². The van der Waals surface area contributed by atoms with E-state index in [1.165, 1.54) is 128 Å². The van der Waals surface area contributed by atoms with E-state index in [-0.39, 0.29) is 10.8 Å². The molecule has 3 nitrogen and oxygen atoms in total. The van der Waals surface area contributed by atoms with Crippen molar-refractivity contribution in [2.45, 2.75) is 99.3 Å². The number of fused-ring (bicyclic) bond motifs is 8. The van der Waals surface area contributed by atoms with Gasteiger partial charge in [0.15, 0.2) is 0 Å². The lowest BCUT2D eigenvalue weighted by molar-refractivity contribution is 0.660. The highest BCUT2D eigenvalue weighted by Crippen LogP contribution is 2.60. The van der Waals surface area contributed by atoms with Crippen LogP contribution < -0.4 is 14.7 Å². The van der Waals surface area contributed by atoms with Gasteiger partial charge >= 0.3 is 0 Å². The van der Waals surface area contributed by atoms with Gasteiger partial charge in [-0.05, 0) is 217 Å². The molecular weight excluding hydrogens is 1010 g/mol. The van der Waals surface area contributed by atoms with Crippen molar-refractivity contribution in [2.75, 3.05) is 14.7 Å². The highest BCUT2D eigenvalue weighted by molar-refractivity contribution is 5.93. The third-order valence-electron chi connectivity index (χ3n) is 19.1. The Morgan fingerprint density at radius 1 is 0.286 bits per heavy atom. The van der Waals surface area contributed by atoms with Gasteiger partial charge in [0.25, 0.3) is 0 Å². The maximum Gasteiger partial charge on any atom is 0.0742 e. The molecule has 0 spiro atoms. The molecule has 0 radical (unpaired) electrons. The fourth-order valence-corrected chi connectivity index (χ4v) is 15.4. The van der Waals surface area contributed by atoms with E-state index in [1.807, 2.05) is 0 Å². The summed E-state index contributed by atoms with van der Waals surface area (Å²) in [4.78, 5) is 7.52. The summed E-state index contributed by atoms with van der Waals surface area (Å²) in [5, 5.41) is 0. The molecular formula is C81H73N3. The highest BCUT2D eigenvalue weighted by Gasteiger charge is 2.47. The number of para-hydroxylation sites is 1. The molecule has 0 aromatic heterocycles. The smallest absolute Gasteiger partial charge is 0.0742 e. The third-order valence-corrected chi connectivity index (χ3v) is 19.1. The molecule has 0 fully saturated rings. The van der Waals surface area contributed by atoms with Gasteiger partial charge in [0.05, 0.1) is 28.2 Å². The number of anilines is 9. The first kappa shape index (κ1) is 52.9. The van der Waals surface area contributed by atoms with Crippen LogP contribution in [-0.2, 0) is 16.2 Å². The zero-order valence-electron chi connectivity index (χ0n) is 50.7. The van der Waals surface area contributed by atoms with Gasteiger partial charge in [-0.25, -0.2) is 0 Å². The molecule has 0 saturated heterocycles. The van der Waals surface area contributed by atoms with Crippen LogP contribution in [0.3, 0.4) is 0 Å². The van der Waals surface area contributed by atoms with Crippen LogP contribution in [0.15, 0.2) is 224 Å². The second kappa shape index (κ2) is 19.5. The van der Waals surface area contributed by atoms with Crippen LogP contribution in [0.2, 0.25) is 0 Å². The number of benzene rings is 11. The topological polar surface area (TPSA) is 9.72 Å². The maximum atomic E-state index is 2.52. The van der Waals surface area contributed by atoms with Crippen molar-refractivity contribution in [2.24, 2.45) is 0 Å². The van der Waals surface area contributed by atoms with Gasteiger partial charge in [0.2, 0.25) is 0 Å². The van der Waals surface area contributed by atoms with Crippen molar-refractivity contribution < 1.29 is 0 Å². The van der Waals surface area contributed by atoms with E-state index in [1.54, 1.807) is 0 Å². The van der Waals surface area contributed by atoms with Crippen LogP contribution in [0.1, 0.15) is 117 Å². The van der Waals surface area contributed by atoms with Gasteiger partial charge in [-0.2, -0.15) is 0 Å². The molecule has 3 heteroatoms. The summed E-state index contributed by atoms with van der Waals surface area (Å²) >= 11 is 0. The molecule has 11 aromatic rings. The quantitative estimate of drug-likeness (QED) is 0.143. The first-order valence-electron chi connectivity index (χ1n) is 30.0. The molecule has 0 N–H and O–H groups in total. The monoisotopic (exact) mass is 1090 g/mol. The predicted octanol–water partition coefficient (Wildman–Crippen LogP) is 21.9. The molecule has 84 heavy (non-hydrogen) atoms. The van der Waals surface area contributed by atoms with E-state index in [9.17, 15) is 0 Å². The van der Waals surface area contributed by atoms with Crippen LogP contribution >= 0.6 is 0 Å². The van der Waals surface area contributed by atoms with E-state index in [0.717, 1.165) is 34.1 Å². The molecule has 11 aromatic carbocycles. The Hall–Kier alpha value is -9.18. The number of rotatable bonds is 9. The first-order chi connectivity index (χ1) is 40.4. The average molecular weight is 1090 g/mol. The minimum Gasteiger partial charge on any atom is -0.310 e. The fraction of sp³-hybridized carbons (Fsp3) is 0.185. The number of hydrogen-bond donors (Lipinski definition) is 0. The van der Waals surface area contributed by atoms with Crippen LogP contribution in [-0.4, -0.2) is 0 Å². The molecule has 1 heterocycles. The Labute approximate surface area is 498 Å². The number of aryl methyl sites for hydroxylation is 8. The maximum absolute atomic E-state index is 2.52. The number of nitrogens with zero attached hydrogens (tertiary/aromatic N) is 3. The van der Waals surface area contributed by atoms with Gasteiger partial charge < -0.3 is 14.7 Å². The standard InChI is InChI=1S/C81H73N3/c1-50-25-32-62(33-26-50)84-75-24-18-17-23-71(75)81(74-47-51(2)27-42-76(74)84,58-28-34-60(35-29-58)82(77-54(5)43-52(3)44-55(77)6)63-38-40-67-65-19-13-15-21-69(65)79(9,10)72(67)48-63)59-30-36-61(37-31-59)83(78-56(7)45-53(4)46-57(78)8)64-39-41-68-66-20-14-16-22-70(66)80(11,12)73(68)49-64/h13-49H,1-12H3. The summed E-state index contributed by atoms with van der Waals surface area (Å²) in [5.74, 6) is 0. The van der Waals surface area contributed by atoms with Crippen LogP contribution in [0.4, 0.5) is 51.2 Å². The molecule has 14 rings (SSSR count). The van der Waals surface area contributed by atoms with E-state index in [4.69, 9.17) is 0 Å². The molecule has 0 amide bonds. The lowest BCUT2D eigenvalue weighted by atomic mass is 9.62. The molecule has 0 saturated carbocycles. The highest BCUT2D eigenvalue weighted by atomic mass is 15.2. The van der Waals surface area contributed by atoms with Crippen molar-refractivity contribution in [1.29, 1.82) is 0 Å². The summed E-state index contributed by atoms with van der Waals surface area (Å²) in [6.07, 6.45) is 0. The Balaban J connectivity index is 0.986. The average Bonchev–Trinajstić information content (AvgIpc) is 3.14. The molecule has 412 valence electrons. The summed E-state index contributed by atoms with van der Waals surface area (Å²) in [6, 6.07) is 86.1. The first-order valence-corrected chi connectivity index (χ1v) is 30.0. The van der Waals surface area contributed by atoms with Gasteiger partial charge in [0, 0.05) is 39.3 Å². The Bertz CT molecular complexity index is 4200. The Morgan fingerprint density at radius 3 is 1.13 bits per heavy atom. The normalized spacial score (nSPS) is 14.5. The Kier molecular flexibility index (Phi) is 12.2. The van der Waals surface area contributed by atoms with Gasteiger partial charge in [-0.1, -0.05) is 202 Å². The second-order valence-electron chi connectivity index (χ2n) is 25.5. The van der Waals surface area contributed by atoms with E-state index >= 15 is 0 Å². The molecule has 0 unspecified atom stereocenters. The van der Waals surface area contributed by atoms with E-state index in [2.05, 4.69) is 322 Å². The fourth-order valence-electron chi connectivity index (χ4n) is 15.4. The lowest BCUT2D eigenvalue weighted by Crippen LogP contribution is -2.38. The molecule has 2 aliphatic carbocycles. The zero-order valence-corrected chi connectivity index (χ0v) is 50.7. The summed E-state index contributed by atoms with van der Waals surface area (Å²) in [7, 11) is 0. The second-order valence-corrected chi connectivity index (χ2v) is 25.5.